The summed E-state index contributed by atoms with van der Waals surface area (Å²) in [5, 5.41) is 10.3. The third kappa shape index (κ3) is 3.32. The van der Waals surface area contributed by atoms with Crippen molar-refractivity contribution in [2.45, 2.75) is 4.90 Å². The Hall–Kier alpha value is -2.67. The van der Waals surface area contributed by atoms with Crippen molar-refractivity contribution in [3.63, 3.8) is 0 Å². The van der Waals surface area contributed by atoms with E-state index in [0.29, 0.717) is 11.3 Å². The molecule has 0 aliphatic carbocycles. The van der Waals surface area contributed by atoms with Gasteiger partial charge >= 0.3 is 5.03 Å². The highest BCUT2D eigenvalue weighted by Crippen LogP contribution is 2.24. The van der Waals surface area contributed by atoms with Crippen LogP contribution in [0.2, 0.25) is 0 Å². The predicted octanol–water partition coefficient (Wildman–Crippen LogP) is 2.74. The molecule has 6 nitrogen and oxygen atoms in total. The standard InChI is InChI=1S/C15H13NO5S/c1-21-13-7-9-14(10-8-13)22(19,20)15(16(17)18)11-12-5-3-2-4-6-12/h2-11H,1H3. The van der Waals surface area contributed by atoms with E-state index in [9.17, 15) is 18.5 Å². The first-order chi connectivity index (χ1) is 10.4. The molecule has 0 amide bonds. The van der Waals surface area contributed by atoms with Crippen LogP contribution in [0.1, 0.15) is 5.56 Å². The molecule has 0 atom stereocenters. The van der Waals surface area contributed by atoms with E-state index >= 15 is 0 Å². The maximum Gasteiger partial charge on any atom is 0.364 e. The molecule has 0 heterocycles. The molecule has 7 heteroatoms. The Bertz CT molecular complexity index is 796. The molecule has 0 aromatic heterocycles. The van der Waals surface area contributed by atoms with Crippen molar-refractivity contribution in [1.82, 2.24) is 0 Å². The zero-order valence-electron chi connectivity index (χ0n) is 11.7. The Morgan fingerprint density at radius 3 is 2.18 bits per heavy atom. The zero-order chi connectivity index (χ0) is 16.2. The van der Waals surface area contributed by atoms with Crippen molar-refractivity contribution in [1.29, 1.82) is 0 Å². The number of benzene rings is 2. The number of methoxy groups -OCH3 is 1. The lowest BCUT2D eigenvalue weighted by Crippen LogP contribution is -2.12. The minimum Gasteiger partial charge on any atom is -0.497 e. The molecule has 2 aromatic carbocycles. The molecule has 0 radical (unpaired) electrons. The van der Waals surface area contributed by atoms with Crippen molar-refractivity contribution in [3.05, 3.63) is 75.3 Å². The fourth-order valence-corrected chi connectivity index (χ4v) is 3.02. The molecule has 0 aliphatic heterocycles. The summed E-state index contributed by atoms with van der Waals surface area (Å²) in [6.07, 6.45) is 1.04. The Morgan fingerprint density at radius 1 is 1.09 bits per heavy atom. The van der Waals surface area contributed by atoms with E-state index in [2.05, 4.69) is 0 Å². The number of hydrogen-bond acceptors (Lipinski definition) is 5. The van der Waals surface area contributed by atoms with E-state index in [1.165, 1.54) is 31.4 Å². The summed E-state index contributed by atoms with van der Waals surface area (Å²) in [4.78, 5) is 10.1. The number of rotatable bonds is 5. The summed E-state index contributed by atoms with van der Waals surface area (Å²) < 4.78 is 29.8. The number of nitro groups is 1. The lowest BCUT2D eigenvalue weighted by Gasteiger charge is -2.04. The van der Waals surface area contributed by atoms with Crippen molar-refractivity contribution in [2.75, 3.05) is 7.11 Å². The van der Waals surface area contributed by atoms with Crippen LogP contribution in [0.4, 0.5) is 0 Å². The highest BCUT2D eigenvalue weighted by Gasteiger charge is 2.31. The lowest BCUT2D eigenvalue weighted by atomic mass is 10.2. The zero-order valence-corrected chi connectivity index (χ0v) is 12.5. The molecule has 2 rings (SSSR count). The van der Waals surface area contributed by atoms with Crippen LogP contribution in [0.25, 0.3) is 6.08 Å². The highest BCUT2D eigenvalue weighted by atomic mass is 32.2. The average Bonchev–Trinajstić information content (AvgIpc) is 2.53. The van der Waals surface area contributed by atoms with Gasteiger partial charge in [0.15, 0.2) is 0 Å². The molecule has 2 aromatic rings. The van der Waals surface area contributed by atoms with E-state index in [1.807, 2.05) is 0 Å². The molecular weight excluding hydrogens is 306 g/mol. The van der Waals surface area contributed by atoms with Crippen LogP contribution in [0.15, 0.2) is 64.5 Å². The smallest absolute Gasteiger partial charge is 0.364 e. The second-order valence-corrected chi connectivity index (χ2v) is 6.23. The Morgan fingerprint density at radius 2 is 1.68 bits per heavy atom. The van der Waals surface area contributed by atoms with Crippen LogP contribution in [-0.2, 0) is 9.84 Å². The van der Waals surface area contributed by atoms with E-state index in [0.717, 1.165) is 6.08 Å². The van der Waals surface area contributed by atoms with E-state index in [-0.39, 0.29) is 4.90 Å². The first kappa shape index (κ1) is 15.7. The molecular formula is C15H13NO5S. The normalized spacial score (nSPS) is 12.0. The topological polar surface area (TPSA) is 86.5 Å². The SMILES string of the molecule is COc1ccc(S(=O)(=O)C(=Cc2ccccc2)[N+](=O)[O-])cc1. The third-order valence-corrected chi connectivity index (χ3v) is 4.63. The van der Waals surface area contributed by atoms with E-state index in [4.69, 9.17) is 4.74 Å². The molecule has 0 bridgehead atoms. The second kappa shape index (κ2) is 6.40. The number of hydrogen-bond donors (Lipinski definition) is 0. The van der Waals surface area contributed by atoms with Crippen LogP contribution in [0, 0.1) is 10.1 Å². The van der Waals surface area contributed by atoms with Crippen molar-refractivity contribution in [2.24, 2.45) is 0 Å². The number of nitrogens with zero attached hydrogens (tertiary/aromatic N) is 1. The summed E-state index contributed by atoms with van der Waals surface area (Å²) in [7, 11) is -2.77. The largest absolute Gasteiger partial charge is 0.497 e. The average molecular weight is 319 g/mol. The monoisotopic (exact) mass is 319 g/mol. The van der Waals surface area contributed by atoms with Crippen molar-refractivity contribution >= 4 is 15.9 Å². The molecule has 0 N–H and O–H groups in total. The maximum absolute atomic E-state index is 12.4. The van der Waals surface area contributed by atoms with Crippen LogP contribution in [-0.4, -0.2) is 20.5 Å². The minimum atomic E-state index is -4.22. The van der Waals surface area contributed by atoms with E-state index < -0.39 is 19.8 Å². The van der Waals surface area contributed by atoms with Gasteiger partial charge in [-0.3, -0.25) is 10.1 Å². The summed E-state index contributed by atoms with van der Waals surface area (Å²) >= 11 is 0. The van der Waals surface area contributed by atoms with Gasteiger partial charge in [0, 0.05) is 6.08 Å². The number of sulfone groups is 1. The molecule has 114 valence electrons. The fraction of sp³-hybridized carbons (Fsp3) is 0.0667. The van der Waals surface area contributed by atoms with Crippen molar-refractivity contribution in [3.8, 4) is 5.75 Å². The van der Waals surface area contributed by atoms with Crippen LogP contribution < -0.4 is 4.74 Å². The highest BCUT2D eigenvalue weighted by molar-refractivity contribution is 7.95. The summed E-state index contributed by atoms with van der Waals surface area (Å²) in [5.74, 6) is 0.466. The molecule has 0 saturated carbocycles. The molecule has 0 spiro atoms. The summed E-state index contributed by atoms with van der Waals surface area (Å²) in [6.45, 7) is 0. The van der Waals surface area contributed by atoms with Gasteiger partial charge in [0.25, 0.3) is 9.84 Å². The van der Waals surface area contributed by atoms with Crippen LogP contribution in [0.3, 0.4) is 0 Å². The van der Waals surface area contributed by atoms with Crippen LogP contribution >= 0.6 is 0 Å². The first-order valence-electron chi connectivity index (χ1n) is 6.25. The maximum atomic E-state index is 12.4. The van der Waals surface area contributed by atoms with Gasteiger partial charge in [0.2, 0.25) is 0 Å². The Balaban J connectivity index is 2.51. The lowest BCUT2D eigenvalue weighted by molar-refractivity contribution is -0.410. The van der Waals surface area contributed by atoms with Gasteiger partial charge in [-0.05, 0) is 29.8 Å². The molecule has 0 fully saturated rings. The minimum absolute atomic E-state index is 0.160. The quantitative estimate of drug-likeness (QED) is 0.624. The van der Waals surface area contributed by atoms with Crippen molar-refractivity contribution < 1.29 is 18.1 Å². The fourth-order valence-electron chi connectivity index (χ4n) is 1.80. The third-order valence-electron chi connectivity index (χ3n) is 2.91. The summed E-state index contributed by atoms with van der Waals surface area (Å²) in [5.41, 5.74) is 0.436. The Labute approximate surface area is 127 Å². The molecule has 0 unspecified atom stereocenters. The second-order valence-electron chi connectivity index (χ2n) is 4.33. The van der Waals surface area contributed by atoms with Gasteiger partial charge in [-0.1, -0.05) is 30.3 Å². The van der Waals surface area contributed by atoms with Gasteiger partial charge in [0.05, 0.1) is 16.9 Å². The van der Waals surface area contributed by atoms with Gasteiger partial charge in [-0.15, -0.1) is 0 Å². The predicted molar refractivity (Wildman–Crippen MR) is 81.6 cm³/mol. The molecule has 22 heavy (non-hydrogen) atoms. The van der Waals surface area contributed by atoms with Crippen LogP contribution in [0.5, 0.6) is 5.75 Å². The van der Waals surface area contributed by atoms with Gasteiger partial charge < -0.3 is 4.74 Å². The van der Waals surface area contributed by atoms with Gasteiger partial charge in [-0.2, -0.15) is 0 Å². The Kier molecular flexibility index (Phi) is 4.57. The molecule has 0 saturated heterocycles. The number of ether oxygens (including phenoxy) is 1. The first-order valence-corrected chi connectivity index (χ1v) is 7.74. The molecule has 0 aliphatic rings. The summed E-state index contributed by atoms with van der Waals surface area (Å²) in [6, 6.07) is 13.7. The van der Waals surface area contributed by atoms with Gasteiger partial charge in [-0.25, -0.2) is 8.42 Å². The van der Waals surface area contributed by atoms with Gasteiger partial charge in [0.1, 0.15) is 5.75 Å². The van der Waals surface area contributed by atoms with E-state index in [1.54, 1.807) is 30.3 Å².